The number of nitrogens with two attached hydrogens (primary N) is 1. The molecule has 0 aliphatic carbocycles. The van der Waals surface area contributed by atoms with Crippen molar-refractivity contribution in [3.8, 4) is 0 Å². The number of hydrogen-bond donors (Lipinski definition) is 2. The van der Waals surface area contributed by atoms with Crippen LogP contribution in [0.4, 0.5) is 11.4 Å². The van der Waals surface area contributed by atoms with Crippen LogP contribution in [-0.2, 0) is 0 Å². The molecule has 0 aliphatic rings. The van der Waals surface area contributed by atoms with E-state index < -0.39 is 0 Å². The number of nitrogens with one attached hydrogen (secondary N) is 1. The van der Waals surface area contributed by atoms with Gasteiger partial charge in [0, 0.05) is 14.9 Å². The molecule has 2 rings (SSSR count). The van der Waals surface area contributed by atoms with Crippen LogP contribution in [0.1, 0.15) is 10.4 Å². The molecule has 0 aromatic heterocycles. The maximum Gasteiger partial charge on any atom is 0.257 e. The first-order valence-corrected chi connectivity index (χ1v) is 6.64. The number of benzene rings is 2. The normalized spacial score (nSPS) is 10.1. The van der Waals surface area contributed by atoms with E-state index in [2.05, 4.69) is 27.9 Å². The third-order valence-electron chi connectivity index (χ3n) is 2.32. The molecule has 0 heterocycles. The number of amides is 1. The van der Waals surface area contributed by atoms with Crippen LogP contribution in [0.15, 0.2) is 42.5 Å². The van der Waals surface area contributed by atoms with Crippen molar-refractivity contribution in [3.63, 3.8) is 0 Å². The van der Waals surface area contributed by atoms with Crippen LogP contribution in [0, 0.1) is 3.57 Å². The number of rotatable bonds is 2. The number of hydrogen-bond acceptors (Lipinski definition) is 2. The molecule has 1 amide bonds. The van der Waals surface area contributed by atoms with Crippen LogP contribution in [-0.4, -0.2) is 5.91 Å². The van der Waals surface area contributed by atoms with Gasteiger partial charge in [-0.2, -0.15) is 0 Å². The summed E-state index contributed by atoms with van der Waals surface area (Å²) >= 11 is 8.16. The minimum absolute atomic E-state index is 0.248. The molecule has 2 aromatic rings. The van der Waals surface area contributed by atoms with E-state index in [0.29, 0.717) is 16.3 Å². The van der Waals surface area contributed by atoms with Crippen LogP contribution >= 0.6 is 34.2 Å². The minimum Gasteiger partial charge on any atom is -0.399 e. The molecule has 3 N–H and O–H groups in total. The molecule has 0 unspecified atom stereocenters. The first-order valence-electron chi connectivity index (χ1n) is 5.18. The molecule has 0 saturated carbocycles. The molecule has 0 spiro atoms. The molecule has 0 atom stereocenters. The lowest BCUT2D eigenvalue weighted by Crippen LogP contribution is -2.12. The predicted octanol–water partition coefficient (Wildman–Crippen LogP) is 3.78. The summed E-state index contributed by atoms with van der Waals surface area (Å²) in [7, 11) is 0. The lowest BCUT2D eigenvalue weighted by Gasteiger charge is -2.07. The Morgan fingerprint density at radius 3 is 2.67 bits per heavy atom. The zero-order chi connectivity index (χ0) is 13.1. The molecule has 0 bridgehead atoms. The third-order valence-corrected chi connectivity index (χ3v) is 3.30. The van der Waals surface area contributed by atoms with Gasteiger partial charge < -0.3 is 11.1 Å². The molecule has 5 heteroatoms. The van der Waals surface area contributed by atoms with E-state index in [-0.39, 0.29) is 5.91 Å². The number of halogens is 2. The van der Waals surface area contributed by atoms with Gasteiger partial charge in [-0.25, -0.2) is 0 Å². The first kappa shape index (κ1) is 13.2. The van der Waals surface area contributed by atoms with Crippen LogP contribution < -0.4 is 11.1 Å². The Morgan fingerprint density at radius 2 is 2.00 bits per heavy atom. The van der Waals surface area contributed by atoms with Gasteiger partial charge >= 0.3 is 0 Å². The summed E-state index contributed by atoms with van der Waals surface area (Å²) in [6.45, 7) is 0. The van der Waals surface area contributed by atoms with E-state index in [1.54, 1.807) is 18.2 Å². The summed E-state index contributed by atoms with van der Waals surface area (Å²) in [4.78, 5) is 12.0. The van der Waals surface area contributed by atoms with Crippen molar-refractivity contribution < 1.29 is 4.79 Å². The van der Waals surface area contributed by atoms with Gasteiger partial charge in [0.2, 0.25) is 0 Å². The Labute approximate surface area is 123 Å². The summed E-state index contributed by atoms with van der Waals surface area (Å²) < 4.78 is 1.05. The van der Waals surface area contributed by atoms with Crippen molar-refractivity contribution in [2.75, 3.05) is 11.1 Å². The highest BCUT2D eigenvalue weighted by Gasteiger charge is 2.10. The summed E-state index contributed by atoms with van der Waals surface area (Å²) in [5, 5.41) is 3.14. The standard InChI is InChI=1S/C13H10ClIN2O/c14-12-7-9(16)4-5-11(12)13(18)17-10-3-1-2-8(15)6-10/h1-7H,16H2,(H,17,18). The molecule has 0 saturated heterocycles. The zero-order valence-corrected chi connectivity index (χ0v) is 12.2. The molecule has 92 valence electrons. The smallest absolute Gasteiger partial charge is 0.257 e. The zero-order valence-electron chi connectivity index (χ0n) is 9.28. The minimum atomic E-state index is -0.248. The van der Waals surface area contributed by atoms with Crippen molar-refractivity contribution in [3.05, 3.63) is 56.6 Å². The molecular weight excluding hydrogens is 363 g/mol. The van der Waals surface area contributed by atoms with E-state index in [0.717, 1.165) is 9.26 Å². The topological polar surface area (TPSA) is 55.1 Å². The second-order valence-corrected chi connectivity index (χ2v) is 5.36. The van der Waals surface area contributed by atoms with E-state index in [9.17, 15) is 4.79 Å². The quantitative estimate of drug-likeness (QED) is 0.623. The van der Waals surface area contributed by atoms with Crippen LogP contribution in [0.25, 0.3) is 0 Å². The average Bonchev–Trinajstić information content (AvgIpc) is 2.28. The Kier molecular flexibility index (Phi) is 4.08. The fourth-order valence-corrected chi connectivity index (χ4v) is 2.30. The number of nitrogen functional groups attached to an aromatic ring is 1. The lowest BCUT2D eigenvalue weighted by molar-refractivity contribution is 0.102. The summed E-state index contributed by atoms with van der Waals surface area (Å²) in [5.41, 5.74) is 7.26. The monoisotopic (exact) mass is 372 g/mol. The fourth-order valence-electron chi connectivity index (χ4n) is 1.48. The van der Waals surface area contributed by atoms with Crippen molar-refractivity contribution >= 4 is 51.5 Å². The Bertz CT molecular complexity index is 601. The molecule has 2 aromatic carbocycles. The molecule has 18 heavy (non-hydrogen) atoms. The van der Waals surface area contributed by atoms with Gasteiger partial charge in [0.05, 0.1) is 10.6 Å². The van der Waals surface area contributed by atoms with E-state index >= 15 is 0 Å². The highest BCUT2D eigenvalue weighted by molar-refractivity contribution is 14.1. The van der Waals surface area contributed by atoms with Gasteiger partial charge in [0.15, 0.2) is 0 Å². The maximum atomic E-state index is 12.0. The van der Waals surface area contributed by atoms with Crippen LogP contribution in [0.3, 0.4) is 0 Å². The van der Waals surface area contributed by atoms with E-state index in [1.165, 1.54) is 0 Å². The lowest BCUT2D eigenvalue weighted by atomic mass is 10.2. The Hall–Kier alpha value is -1.27. The molecule has 0 aliphatic heterocycles. The summed E-state index contributed by atoms with van der Waals surface area (Å²) in [6, 6.07) is 12.4. The van der Waals surface area contributed by atoms with Gasteiger partial charge in [-0.1, -0.05) is 17.7 Å². The van der Waals surface area contributed by atoms with Crippen molar-refractivity contribution in [2.24, 2.45) is 0 Å². The van der Waals surface area contributed by atoms with Crippen molar-refractivity contribution in [2.45, 2.75) is 0 Å². The van der Waals surface area contributed by atoms with E-state index in [1.807, 2.05) is 24.3 Å². The highest BCUT2D eigenvalue weighted by Crippen LogP contribution is 2.21. The van der Waals surface area contributed by atoms with Gasteiger partial charge in [-0.15, -0.1) is 0 Å². The largest absolute Gasteiger partial charge is 0.399 e. The van der Waals surface area contributed by atoms with Gasteiger partial charge in [0.25, 0.3) is 5.91 Å². The Balaban J connectivity index is 2.22. The molecule has 3 nitrogen and oxygen atoms in total. The predicted molar refractivity (Wildman–Crippen MR) is 83.0 cm³/mol. The second kappa shape index (κ2) is 5.58. The Morgan fingerprint density at radius 1 is 1.22 bits per heavy atom. The molecule has 0 radical (unpaired) electrons. The molecular formula is C13H10ClIN2O. The van der Waals surface area contributed by atoms with Crippen molar-refractivity contribution in [1.29, 1.82) is 0 Å². The molecule has 0 fully saturated rings. The number of carbonyl (C=O) groups excluding carboxylic acids is 1. The van der Waals surface area contributed by atoms with Crippen LogP contribution in [0.5, 0.6) is 0 Å². The van der Waals surface area contributed by atoms with E-state index in [4.69, 9.17) is 17.3 Å². The highest BCUT2D eigenvalue weighted by atomic mass is 127. The summed E-state index contributed by atoms with van der Waals surface area (Å²) in [6.07, 6.45) is 0. The fraction of sp³-hybridized carbons (Fsp3) is 0. The SMILES string of the molecule is Nc1ccc(C(=O)Nc2cccc(I)c2)c(Cl)c1. The van der Waals surface area contributed by atoms with Crippen LogP contribution in [0.2, 0.25) is 5.02 Å². The second-order valence-electron chi connectivity index (χ2n) is 3.70. The number of carbonyl (C=O) groups is 1. The van der Waals surface area contributed by atoms with Gasteiger partial charge in [-0.3, -0.25) is 4.79 Å². The van der Waals surface area contributed by atoms with Gasteiger partial charge in [-0.05, 0) is 59.0 Å². The summed E-state index contributed by atoms with van der Waals surface area (Å²) in [5.74, 6) is -0.248. The average molecular weight is 373 g/mol. The van der Waals surface area contributed by atoms with Gasteiger partial charge in [0.1, 0.15) is 0 Å². The number of anilines is 2. The maximum absolute atomic E-state index is 12.0. The van der Waals surface area contributed by atoms with Crippen molar-refractivity contribution in [1.82, 2.24) is 0 Å². The first-order chi connectivity index (χ1) is 8.56. The third kappa shape index (κ3) is 3.14.